The second kappa shape index (κ2) is 16.2. The van der Waals surface area contributed by atoms with Gasteiger partial charge < -0.3 is 18.3 Å². The molecule has 2 aromatic carbocycles. The summed E-state index contributed by atoms with van der Waals surface area (Å²) in [6, 6.07) is 15.8. The van der Waals surface area contributed by atoms with E-state index in [2.05, 4.69) is 49.9 Å². The van der Waals surface area contributed by atoms with Crippen LogP contribution in [0, 0.1) is 9.67 Å². The van der Waals surface area contributed by atoms with E-state index in [0.717, 1.165) is 57.7 Å². The number of H-pyrrole nitrogens is 2. The molecule has 250 valence electrons. The minimum absolute atomic E-state index is 0.238. The summed E-state index contributed by atoms with van der Waals surface area (Å²) in [6.07, 6.45) is 3.10. The average molecular weight is 725 g/mol. The lowest BCUT2D eigenvalue weighted by atomic mass is 10.1. The molecule has 6 rings (SSSR count). The van der Waals surface area contributed by atoms with Crippen molar-refractivity contribution in [2.75, 3.05) is 13.2 Å². The van der Waals surface area contributed by atoms with E-state index in [9.17, 15) is 0 Å². The third-order valence-corrected chi connectivity index (χ3v) is 9.05. The van der Waals surface area contributed by atoms with E-state index >= 15 is 0 Å². The molecular weight excluding hydrogens is 693 g/mol. The van der Waals surface area contributed by atoms with Gasteiger partial charge in [0.15, 0.2) is 10.3 Å². The molecule has 0 aliphatic carbocycles. The van der Waals surface area contributed by atoms with Crippen molar-refractivity contribution in [2.45, 2.75) is 61.3 Å². The number of nitrogens with zero attached hydrogens (tertiary/aromatic N) is 8. The molecule has 0 aliphatic heterocycles. The summed E-state index contributed by atoms with van der Waals surface area (Å²) in [6.45, 7) is 5.12. The van der Waals surface area contributed by atoms with Gasteiger partial charge in [-0.2, -0.15) is 0 Å². The zero-order chi connectivity index (χ0) is 33.3. The number of nitrogens with one attached hydrogen (secondary N) is 2. The lowest BCUT2D eigenvalue weighted by Crippen LogP contribution is -2.06. The van der Waals surface area contributed by atoms with Crippen molar-refractivity contribution in [3.8, 4) is 22.9 Å². The van der Waals surface area contributed by atoms with E-state index in [1.165, 1.54) is 23.5 Å². The molecule has 18 heteroatoms. The van der Waals surface area contributed by atoms with Crippen LogP contribution in [-0.2, 0) is 24.3 Å². The first-order valence-corrected chi connectivity index (χ1v) is 18.0. The van der Waals surface area contributed by atoms with Crippen molar-refractivity contribution in [3.05, 3.63) is 81.6 Å². The predicted octanol–water partition coefficient (Wildman–Crippen LogP) is 6.89. The quantitative estimate of drug-likeness (QED) is 0.0568. The van der Waals surface area contributed by atoms with Gasteiger partial charge in [0.2, 0.25) is 11.8 Å². The number of benzene rings is 2. The number of aryl methyl sites for hydroxylation is 2. The molecule has 0 saturated heterocycles. The Kier molecular flexibility index (Phi) is 11.4. The Morgan fingerprint density at radius 1 is 0.646 bits per heavy atom. The molecule has 48 heavy (non-hydrogen) atoms. The number of ether oxygens (including phenoxy) is 2. The molecule has 0 unspecified atom stereocenters. The maximum absolute atomic E-state index is 5.65. The lowest BCUT2D eigenvalue weighted by Gasteiger charge is -2.12. The second-order valence-electron chi connectivity index (χ2n) is 10.1. The van der Waals surface area contributed by atoms with Gasteiger partial charge >= 0.3 is 0 Å². The fourth-order valence-corrected chi connectivity index (χ4v) is 6.72. The first-order valence-electron chi connectivity index (χ1n) is 15.2. The Labute approximate surface area is 294 Å². The van der Waals surface area contributed by atoms with Gasteiger partial charge in [0.1, 0.15) is 23.1 Å². The highest BCUT2D eigenvalue weighted by Gasteiger charge is 2.18. The van der Waals surface area contributed by atoms with Crippen molar-refractivity contribution >= 4 is 48.0 Å². The van der Waals surface area contributed by atoms with E-state index in [1.807, 2.05) is 62.4 Å². The van der Waals surface area contributed by atoms with Crippen LogP contribution < -0.4 is 9.47 Å². The number of unbranched alkanes of at least 4 members (excludes halogenated alkanes) is 1. The van der Waals surface area contributed by atoms with E-state index < -0.39 is 0 Å². The molecule has 0 radical (unpaired) electrons. The summed E-state index contributed by atoms with van der Waals surface area (Å²) < 4.78 is 26.3. The summed E-state index contributed by atoms with van der Waals surface area (Å²) in [4.78, 5) is 0.477. The average Bonchev–Trinajstić information content (AvgIpc) is 3.90. The zero-order valence-electron chi connectivity index (χ0n) is 26.1. The number of aromatic amines is 2. The van der Waals surface area contributed by atoms with Gasteiger partial charge in [0.05, 0.1) is 24.7 Å². The topological polar surface area (TPSA) is 164 Å². The van der Waals surface area contributed by atoms with Crippen LogP contribution >= 0.6 is 48.0 Å². The summed E-state index contributed by atoms with van der Waals surface area (Å²) in [5.41, 5.74) is 1.88. The second-order valence-corrected chi connectivity index (χ2v) is 12.7. The van der Waals surface area contributed by atoms with Crippen molar-refractivity contribution in [2.24, 2.45) is 0 Å². The summed E-state index contributed by atoms with van der Waals surface area (Å²) in [7, 11) is 0. The molecule has 0 fully saturated rings. The first kappa shape index (κ1) is 33.6. The van der Waals surface area contributed by atoms with Crippen LogP contribution in [0.1, 0.15) is 50.1 Å². The van der Waals surface area contributed by atoms with Gasteiger partial charge in [-0.1, -0.05) is 23.5 Å². The third-order valence-electron chi connectivity index (χ3n) is 6.88. The van der Waals surface area contributed by atoms with Gasteiger partial charge in [-0.25, -0.2) is 10.2 Å². The molecule has 0 saturated carbocycles. The largest absolute Gasteiger partial charge is 0.494 e. The van der Waals surface area contributed by atoms with Gasteiger partial charge in [0.25, 0.3) is 9.67 Å². The minimum atomic E-state index is 0.238. The lowest BCUT2D eigenvalue weighted by molar-refractivity contribution is 0.340. The summed E-state index contributed by atoms with van der Waals surface area (Å²) in [5, 5.41) is 33.1. The van der Waals surface area contributed by atoms with Crippen molar-refractivity contribution in [1.82, 2.24) is 49.9 Å². The smallest absolute Gasteiger partial charge is 0.284 e. The monoisotopic (exact) mass is 724 g/mol. The zero-order valence-corrected chi connectivity index (χ0v) is 29.4. The predicted molar refractivity (Wildman–Crippen MR) is 184 cm³/mol. The molecule has 0 amide bonds. The van der Waals surface area contributed by atoms with Gasteiger partial charge in [-0.05, 0) is 99.7 Å². The maximum atomic E-state index is 5.65. The highest BCUT2D eigenvalue weighted by Crippen LogP contribution is 2.29. The van der Waals surface area contributed by atoms with Crippen LogP contribution in [0.4, 0.5) is 0 Å². The molecule has 4 heterocycles. The van der Waals surface area contributed by atoms with Gasteiger partial charge in [-0.3, -0.25) is 9.13 Å². The molecule has 2 N–H and O–H groups in total. The van der Waals surface area contributed by atoms with Crippen LogP contribution in [0.25, 0.3) is 11.4 Å². The Morgan fingerprint density at radius 3 is 1.42 bits per heavy atom. The van der Waals surface area contributed by atoms with Crippen LogP contribution in [0.5, 0.6) is 11.5 Å². The standard InChI is InChI=1S/C30H32N10O4S4/c1-3-41-21-13-9-19(10-14-21)39-23(31-35-27(39)47-17-25-33-37-29(45)43-25)7-5-6-8-24-32-36-28(48-18-26-34-38-30(46)44-26)40(24)20-11-15-22(16-12-20)42-4-2/h9-16H,3-8,17-18H2,1-2H3,(H,37,45)(H,38,46). The number of rotatable bonds is 17. The van der Waals surface area contributed by atoms with Crippen molar-refractivity contribution < 1.29 is 18.3 Å². The molecular formula is C30H32N10O4S4. The molecule has 6 aromatic rings. The molecule has 0 atom stereocenters. The Morgan fingerprint density at radius 2 is 1.06 bits per heavy atom. The maximum Gasteiger partial charge on any atom is 0.284 e. The number of hydrogen-bond donors (Lipinski definition) is 2. The molecule has 0 spiro atoms. The molecule has 14 nitrogen and oxygen atoms in total. The minimum Gasteiger partial charge on any atom is -0.494 e. The number of hydrogen-bond acceptors (Lipinski definition) is 14. The summed E-state index contributed by atoms with van der Waals surface area (Å²) >= 11 is 13.0. The van der Waals surface area contributed by atoms with Crippen LogP contribution in [0.15, 0.2) is 67.7 Å². The normalized spacial score (nSPS) is 11.3. The number of aromatic nitrogens is 10. The molecule has 4 aromatic heterocycles. The Balaban J connectivity index is 1.17. The Hall–Kier alpha value is -4.26. The van der Waals surface area contributed by atoms with E-state index in [0.29, 0.717) is 49.3 Å². The van der Waals surface area contributed by atoms with E-state index in [4.69, 9.17) is 42.7 Å². The third kappa shape index (κ3) is 8.41. The first-order chi connectivity index (χ1) is 23.5. The van der Waals surface area contributed by atoms with Crippen LogP contribution in [-0.4, -0.2) is 63.1 Å². The fraction of sp³-hybridized carbons (Fsp3) is 0.333. The van der Waals surface area contributed by atoms with E-state index in [-0.39, 0.29) is 9.67 Å². The SMILES string of the molecule is CCOc1ccc(-n2c(CCCCc3nnc(SCc4n[nH]c(=S)o4)n3-c3ccc(OCC)cc3)nnc2SCc2n[nH]c(=S)o2)cc1. The van der Waals surface area contributed by atoms with Crippen LogP contribution in [0.2, 0.25) is 0 Å². The summed E-state index contributed by atoms with van der Waals surface area (Å²) in [5.74, 6) is 5.18. The highest BCUT2D eigenvalue weighted by atomic mass is 32.2. The molecule has 0 aliphatic rings. The van der Waals surface area contributed by atoms with Gasteiger partial charge in [-0.15, -0.1) is 30.6 Å². The van der Waals surface area contributed by atoms with Crippen molar-refractivity contribution in [3.63, 3.8) is 0 Å². The molecule has 0 bridgehead atoms. The Bertz CT molecular complexity index is 1880. The van der Waals surface area contributed by atoms with Crippen LogP contribution in [0.3, 0.4) is 0 Å². The van der Waals surface area contributed by atoms with E-state index in [1.54, 1.807) is 0 Å². The van der Waals surface area contributed by atoms with Gasteiger partial charge in [0, 0.05) is 24.2 Å². The fourth-order valence-electron chi connectivity index (χ4n) is 4.81. The van der Waals surface area contributed by atoms with Crippen molar-refractivity contribution in [1.29, 1.82) is 0 Å². The highest BCUT2D eigenvalue weighted by molar-refractivity contribution is 7.98. The number of thioether (sulfide) groups is 2.